The van der Waals surface area contributed by atoms with Gasteiger partial charge in [-0.1, -0.05) is 54.6 Å². The van der Waals surface area contributed by atoms with Crippen LogP contribution in [0.3, 0.4) is 0 Å². The minimum absolute atomic E-state index is 0.0403. The molecule has 1 heterocycles. The van der Waals surface area contributed by atoms with E-state index in [1.54, 1.807) is 42.5 Å². The molecule has 0 aliphatic carbocycles. The van der Waals surface area contributed by atoms with Gasteiger partial charge in [-0.25, -0.2) is 0 Å². The number of ketones is 1. The predicted octanol–water partition coefficient (Wildman–Crippen LogP) is 3.72. The highest BCUT2D eigenvalue weighted by Crippen LogP contribution is 2.32. The zero-order valence-corrected chi connectivity index (χ0v) is 24.5. The Morgan fingerprint density at radius 3 is 2.12 bits per heavy atom. The highest BCUT2D eigenvalue weighted by Gasteiger charge is 2.48. The number of hydrogen-bond donors (Lipinski definition) is 3. The molecule has 42 heavy (non-hydrogen) atoms. The van der Waals surface area contributed by atoms with Crippen LogP contribution in [0.5, 0.6) is 17.2 Å². The van der Waals surface area contributed by atoms with Gasteiger partial charge in [0.1, 0.15) is 5.75 Å². The Balaban J connectivity index is 1.58. The van der Waals surface area contributed by atoms with Gasteiger partial charge < -0.3 is 30.6 Å². The SMILES string of the molecule is CC(C)Oc1ccc(C[C@](N)(C(=O)CCc2ccccc2)C(=O)N[C@@H]2C(=O)N[C@H]2Oc2ccccc2)cc1OC(C)C. The highest BCUT2D eigenvalue weighted by atomic mass is 16.5. The molecule has 0 spiro atoms. The standard InChI is InChI=1S/C33H39N3O6/c1-21(2)40-26-17-15-24(19-27(26)41-22(3)4)20-33(34,28(37)18-16-23-11-7-5-8-12-23)32(39)35-29-30(38)36-31(29)42-25-13-9-6-10-14-25/h5-15,17,19,21-22,29,31H,16,18,20,34H2,1-4H3,(H,35,39)(H,36,38)/t29-,31+,33+/m1/s1. The summed E-state index contributed by atoms with van der Waals surface area (Å²) >= 11 is 0. The molecule has 4 N–H and O–H groups in total. The summed E-state index contributed by atoms with van der Waals surface area (Å²) in [6, 6.07) is 22.7. The van der Waals surface area contributed by atoms with E-state index in [0.717, 1.165) is 5.56 Å². The Morgan fingerprint density at radius 1 is 0.881 bits per heavy atom. The Bertz CT molecular complexity index is 1380. The minimum atomic E-state index is -1.96. The number of β-lactam (4-membered cyclic amide) rings is 1. The number of ether oxygens (including phenoxy) is 3. The van der Waals surface area contributed by atoms with E-state index in [9.17, 15) is 14.4 Å². The van der Waals surface area contributed by atoms with Crippen molar-refractivity contribution in [1.82, 2.24) is 10.6 Å². The zero-order chi connectivity index (χ0) is 30.3. The number of para-hydroxylation sites is 1. The van der Waals surface area contributed by atoms with Gasteiger partial charge in [0.15, 0.2) is 28.9 Å². The van der Waals surface area contributed by atoms with Crippen molar-refractivity contribution in [2.45, 2.75) is 77.0 Å². The third-order valence-electron chi connectivity index (χ3n) is 6.77. The summed E-state index contributed by atoms with van der Waals surface area (Å²) in [5, 5.41) is 5.32. The molecular formula is C33H39N3O6. The van der Waals surface area contributed by atoms with Crippen molar-refractivity contribution >= 4 is 17.6 Å². The Morgan fingerprint density at radius 2 is 1.50 bits per heavy atom. The average Bonchev–Trinajstić information content (AvgIpc) is 2.96. The molecule has 9 heteroatoms. The summed E-state index contributed by atoms with van der Waals surface area (Å²) in [6.45, 7) is 7.63. The molecule has 1 fully saturated rings. The van der Waals surface area contributed by atoms with Gasteiger partial charge in [-0.15, -0.1) is 0 Å². The van der Waals surface area contributed by atoms with Gasteiger partial charge in [0.25, 0.3) is 5.91 Å². The summed E-state index contributed by atoms with van der Waals surface area (Å²) in [7, 11) is 0. The van der Waals surface area contributed by atoms with Crippen LogP contribution in [0.2, 0.25) is 0 Å². The lowest BCUT2D eigenvalue weighted by Crippen LogP contribution is -2.74. The van der Waals surface area contributed by atoms with E-state index in [1.165, 1.54) is 0 Å². The molecular weight excluding hydrogens is 534 g/mol. The van der Waals surface area contributed by atoms with Gasteiger partial charge >= 0.3 is 0 Å². The van der Waals surface area contributed by atoms with Crippen molar-refractivity contribution < 1.29 is 28.6 Å². The first kappa shape index (κ1) is 30.6. The maximum Gasteiger partial charge on any atom is 0.251 e. The lowest BCUT2D eigenvalue weighted by molar-refractivity contribution is -0.147. The molecule has 9 nitrogen and oxygen atoms in total. The number of aryl methyl sites for hydroxylation is 1. The van der Waals surface area contributed by atoms with E-state index in [0.29, 0.717) is 29.2 Å². The van der Waals surface area contributed by atoms with Crippen molar-refractivity contribution in [3.05, 3.63) is 90.0 Å². The molecule has 0 bridgehead atoms. The van der Waals surface area contributed by atoms with E-state index in [4.69, 9.17) is 19.9 Å². The fourth-order valence-electron chi connectivity index (χ4n) is 4.62. The van der Waals surface area contributed by atoms with Crippen LogP contribution in [0.25, 0.3) is 0 Å². The third-order valence-corrected chi connectivity index (χ3v) is 6.77. The number of hydrogen-bond acceptors (Lipinski definition) is 7. The molecule has 1 aliphatic rings. The number of carbonyl (C=O) groups is 3. The first-order valence-electron chi connectivity index (χ1n) is 14.2. The van der Waals surface area contributed by atoms with Gasteiger partial charge in [-0.2, -0.15) is 0 Å². The zero-order valence-electron chi connectivity index (χ0n) is 24.5. The van der Waals surface area contributed by atoms with E-state index >= 15 is 0 Å². The van der Waals surface area contributed by atoms with E-state index in [-0.39, 0.29) is 25.0 Å². The number of rotatable bonds is 14. The van der Waals surface area contributed by atoms with Crippen LogP contribution in [0.1, 0.15) is 45.2 Å². The maximum absolute atomic E-state index is 13.8. The summed E-state index contributed by atoms with van der Waals surface area (Å²) in [4.78, 5) is 40.0. The average molecular weight is 574 g/mol. The first-order valence-corrected chi connectivity index (χ1v) is 14.2. The monoisotopic (exact) mass is 573 g/mol. The van der Waals surface area contributed by atoms with Crippen LogP contribution >= 0.6 is 0 Å². The second-order valence-electron chi connectivity index (χ2n) is 11.0. The van der Waals surface area contributed by atoms with Crippen LogP contribution in [0, 0.1) is 0 Å². The number of carbonyl (C=O) groups excluding carboxylic acids is 3. The molecule has 3 atom stereocenters. The van der Waals surface area contributed by atoms with Crippen molar-refractivity contribution in [2.24, 2.45) is 5.73 Å². The maximum atomic E-state index is 13.8. The second-order valence-corrected chi connectivity index (χ2v) is 11.0. The Hall–Kier alpha value is -4.37. The summed E-state index contributed by atoms with van der Waals surface area (Å²) in [5.74, 6) is -0.0523. The van der Waals surface area contributed by atoms with Crippen molar-refractivity contribution in [3.63, 3.8) is 0 Å². The number of benzene rings is 3. The molecule has 1 aliphatic heterocycles. The molecule has 1 saturated heterocycles. The lowest BCUT2D eigenvalue weighted by atomic mass is 9.83. The number of nitrogens with one attached hydrogen (secondary N) is 2. The number of amides is 2. The molecule has 2 amide bonds. The first-order chi connectivity index (χ1) is 20.0. The molecule has 0 aromatic heterocycles. The molecule has 4 rings (SSSR count). The minimum Gasteiger partial charge on any atom is -0.487 e. The van der Waals surface area contributed by atoms with Crippen LogP contribution in [0.15, 0.2) is 78.9 Å². The molecule has 222 valence electrons. The van der Waals surface area contributed by atoms with Crippen LogP contribution in [-0.2, 0) is 27.2 Å². The lowest BCUT2D eigenvalue weighted by Gasteiger charge is -2.38. The van der Waals surface area contributed by atoms with E-state index < -0.39 is 35.4 Å². The van der Waals surface area contributed by atoms with Crippen LogP contribution < -0.4 is 30.6 Å². The normalized spacial score (nSPS) is 17.5. The molecule has 0 unspecified atom stereocenters. The second kappa shape index (κ2) is 13.5. The number of nitrogens with two attached hydrogens (primary N) is 1. The summed E-state index contributed by atoms with van der Waals surface area (Å²) in [6.07, 6.45) is -0.666. The van der Waals surface area contributed by atoms with Crippen molar-refractivity contribution in [1.29, 1.82) is 0 Å². The van der Waals surface area contributed by atoms with Crippen molar-refractivity contribution in [2.75, 3.05) is 0 Å². The summed E-state index contributed by atoms with van der Waals surface area (Å²) in [5.41, 5.74) is 6.32. The van der Waals surface area contributed by atoms with Crippen LogP contribution in [0.4, 0.5) is 0 Å². The molecule has 0 saturated carbocycles. The van der Waals surface area contributed by atoms with Gasteiger partial charge in [0.05, 0.1) is 12.2 Å². The molecule has 0 radical (unpaired) electrons. The smallest absolute Gasteiger partial charge is 0.251 e. The van der Waals surface area contributed by atoms with E-state index in [2.05, 4.69) is 10.6 Å². The van der Waals surface area contributed by atoms with Gasteiger partial charge in [-0.3, -0.25) is 14.4 Å². The van der Waals surface area contributed by atoms with Crippen LogP contribution in [-0.4, -0.2) is 47.6 Å². The molecule has 3 aromatic rings. The van der Waals surface area contributed by atoms with Gasteiger partial charge in [0.2, 0.25) is 12.1 Å². The number of Topliss-reactive ketones (excluding diaryl/α,β-unsaturated/α-hetero) is 1. The fourth-order valence-corrected chi connectivity index (χ4v) is 4.62. The topological polar surface area (TPSA) is 129 Å². The Labute approximate surface area is 246 Å². The fraction of sp³-hybridized carbons (Fsp3) is 0.364. The van der Waals surface area contributed by atoms with Crippen molar-refractivity contribution in [3.8, 4) is 17.2 Å². The predicted molar refractivity (Wildman–Crippen MR) is 159 cm³/mol. The van der Waals surface area contributed by atoms with Gasteiger partial charge in [-0.05, 0) is 69.5 Å². The summed E-state index contributed by atoms with van der Waals surface area (Å²) < 4.78 is 17.7. The molecule has 3 aromatic carbocycles. The third kappa shape index (κ3) is 7.67. The Kier molecular flexibility index (Phi) is 9.85. The van der Waals surface area contributed by atoms with Gasteiger partial charge in [0, 0.05) is 12.8 Å². The largest absolute Gasteiger partial charge is 0.487 e. The highest BCUT2D eigenvalue weighted by molar-refractivity contribution is 6.12. The van der Waals surface area contributed by atoms with E-state index in [1.807, 2.05) is 64.1 Å². The quantitative estimate of drug-likeness (QED) is 0.198.